The number of nitrogens with zero attached hydrogens (tertiary/aromatic N) is 3. The Balaban J connectivity index is 2.22. The molecule has 1 saturated heterocycles. The number of hydrogen-bond donors (Lipinski definition) is 0. The predicted molar refractivity (Wildman–Crippen MR) is 77.1 cm³/mol. The number of pyridine rings is 1. The topological polar surface area (TPSA) is 19.4 Å². The zero-order chi connectivity index (χ0) is 13.1. The highest BCUT2D eigenvalue weighted by Crippen LogP contribution is 2.33. The molecule has 0 radical (unpaired) electrons. The van der Waals surface area contributed by atoms with Crippen molar-refractivity contribution in [2.75, 3.05) is 32.1 Å². The molecule has 0 aliphatic carbocycles. The maximum atomic E-state index is 4.58. The van der Waals surface area contributed by atoms with E-state index in [1.807, 2.05) is 14.1 Å². The van der Waals surface area contributed by atoms with Crippen molar-refractivity contribution in [1.29, 1.82) is 0 Å². The maximum absolute atomic E-state index is 4.58. The van der Waals surface area contributed by atoms with Crippen LogP contribution in [0.1, 0.15) is 43.4 Å². The second kappa shape index (κ2) is 5.70. The minimum atomic E-state index is 0.591. The van der Waals surface area contributed by atoms with E-state index in [9.17, 15) is 0 Å². The van der Waals surface area contributed by atoms with Gasteiger partial charge < -0.3 is 4.90 Å². The van der Waals surface area contributed by atoms with E-state index < -0.39 is 0 Å². The summed E-state index contributed by atoms with van der Waals surface area (Å²) >= 11 is 0. The van der Waals surface area contributed by atoms with Crippen LogP contribution in [0.3, 0.4) is 0 Å². The van der Waals surface area contributed by atoms with Gasteiger partial charge in [0.05, 0.1) is 0 Å². The Labute approximate surface area is 111 Å². The van der Waals surface area contributed by atoms with E-state index in [0.29, 0.717) is 6.04 Å². The molecule has 0 N–H and O–H groups in total. The average Bonchev–Trinajstić information content (AvgIpc) is 2.77. The summed E-state index contributed by atoms with van der Waals surface area (Å²) < 4.78 is 0. The van der Waals surface area contributed by atoms with Gasteiger partial charge in [0, 0.05) is 26.3 Å². The van der Waals surface area contributed by atoms with Crippen molar-refractivity contribution >= 4 is 5.82 Å². The van der Waals surface area contributed by atoms with Gasteiger partial charge in [0.25, 0.3) is 0 Å². The van der Waals surface area contributed by atoms with E-state index in [1.165, 1.54) is 43.5 Å². The lowest BCUT2D eigenvalue weighted by molar-refractivity contribution is 0.257. The molecule has 3 nitrogen and oxygen atoms in total. The largest absolute Gasteiger partial charge is 0.363 e. The van der Waals surface area contributed by atoms with Gasteiger partial charge in [0.1, 0.15) is 5.82 Å². The van der Waals surface area contributed by atoms with E-state index >= 15 is 0 Å². The molecule has 0 saturated carbocycles. The normalized spacial score (nSPS) is 20.3. The number of aromatic nitrogens is 1. The Morgan fingerprint density at radius 2 is 2.22 bits per heavy atom. The minimum Gasteiger partial charge on any atom is -0.363 e. The lowest BCUT2D eigenvalue weighted by Gasteiger charge is -2.26. The molecule has 18 heavy (non-hydrogen) atoms. The SMILES string of the molecule is CCCN1CCC[C@@H]1c1cnc(N(C)C)cc1C. The first kappa shape index (κ1) is 13.3. The zero-order valence-electron chi connectivity index (χ0n) is 12.1. The molecule has 1 atom stereocenters. The van der Waals surface area contributed by atoms with Crippen LogP contribution >= 0.6 is 0 Å². The summed E-state index contributed by atoms with van der Waals surface area (Å²) in [5, 5.41) is 0. The van der Waals surface area contributed by atoms with Crippen LogP contribution in [0.2, 0.25) is 0 Å². The fourth-order valence-corrected chi connectivity index (χ4v) is 2.88. The van der Waals surface area contributed by atoms with E-state index in [4.69, 9.17) is 0 Å². The molecule has 0 amide bonds. The first-order chi connectivity index (χ1) is 8.63. The second-order valence-electron chi connectivity index (χ2n) is 5.49. The van der Waals surface area contributed by atoms with Crippen molar-refractivity contribution in [3.05, 3.63) is 23.4 Å². The summed E-state index contributed by atoms with van der Waals surface area (Å²) in [6.45, 7) is 6.93. The number of rotatable bonds is 4. The lowest BCUT2D eigenvalue weighted by Crippen LogP contribution is -2.24. The van der Waals surface area contributed by atoms with Crippen LogP contribution in [0.5, 0.6) is 0 Å². The number of likely N-dealkylation sites (tertiary alicyclic amines) is 1. The van der Waals surface area contributed by atoms with Gasteiger partial charge in [-0.15, -0.1) is 0 Å². The van der Waals surface area contributed by atoms with Crippen molar-refractivity contribution in [2.45, 2.75) is 39.2 Å². The molecule has 0 aromatic carbocycles. The summed E-state index contributed by atoms with van der Waals surface area (Å²) in [6, 6.07) is 2.80. The van der Waals surface area contributed by atoms with Gasteiger partial charge in [-0.3, -0.25) is 4.90 Å². The van der Waals surface area contributed by atoms with Gasteiger partial charge in [-0.05, 0) is 56.5 Å². The second-order valence-corrected chi connectivity index (χ2v) is 5.49. The van der Waals surface area contributed by atoms with Crippen molar-refractivity contribution in [1.82, 2.24) is 9.88 Å². The number of aryl methyl sites for hydroxylation is 1. The van der Waals surface area contributed by atoms with Crippen molar-refractivity contribution in [3.63, 3.8) is 0 Å². The Bertz CT molecular complexity index is 401. The molecule has 0 spiro atoms. The standard InChI is InChI=1S/C15H25N3/c1-5-8-18-9-6-7-14(18)13-11-16-15(17(3)4)10-12(13)2/h10-11,14H,5-9H2,1-4H3/t14-/m1/s1. The molecule has 1 aliphatic heterocycles. The minimum absolute atomic E-state index is 0.591. The average molecular weight is 247 g/mol. The van der Waals surface area contributed by atoms with Gasteiger partial charge in [-0.2, -0.15) is 0 Å². The number of hydrogen-bond acceptors (Lipinski definition) is 3. The van der Waals surface area contributed by atoms with Crippen LogP contribution < -0.4 is 4.90 Å². The molecular weight excluding hydrogens is 222 g/mol. The van der Waals surface area contributed by atoms with Crippen LogP contribution in [0.15, 0.2) is 12.3 Å². The molecule has 1 aromatic heterocycles. The van der Waals surface area contributed by atoms with Gasteiger partial charge in [-0.1, -0.05) is 6.92 Å². The summed E-state index contributed by atoms with van der Waals surface area (Å²) in [5.74, 6) is 1.05. The van der Waals surface area contributed by atoms with Crippen LogP contribution in [-0.4, -0.2) is 37.1 Å². The molecule has 100 valence electrons. The molecular formula is C15H25N3. The molecule has 2 heterocycles. The summed E-state index contributed by atoms with van der Waals surface area (Å²) in [4.78, 5) is 9.25. The van der Waals surface area contributed by atoms with E-state index in [1.54, 1.807) is 0 Å². The van der Waals surface area contributed by atoms with E-state index in [0.717, 1.165) is 5.82 Å². The molecule has 3 heteroatoms. The van der Waals surface area contributed by atoms with Gasteiger partial charge in [0.15, 0.2) is 0 Å². The van der Waals surface area contributed by atoms with Crippen molar-refractivity contribution in [2.24, 2.45) is 0 Å². The first-order valence-electron chi connectivity index (χ1n) is 7.01. The lowest BCUT2D eigenvalue weighted by atomic mass is 10.0. The fourth-order valence-electron chi connectivity index (χ4n) is 2.88. The summed E-state index contributed by atoms with van der Waals surface area (Å²) in [5.41, 5.74) is 2.80. The molecule has 0 bridgehead atoms. The van der Waals surface area contributed by atoms with Crippen molar-refractivity contribution in [3.8, 4) is 0 Å². The van der Waals surface area contributed by atoms with Crippen LogP contribution in [0.4, 0.5) is 5.82 Å². The third-order valence-electron chi connectivity index (χ3n) is 3.83. The highest BCUT2D eigenvalue weighted by molar-refractivity contribution is 5.43. The molecule has 1 aliphatic rings. The van der Waals surface area contributed by atoms with E-state index in [-0.39, 0.29) is 0 Å². The fraction of sp³-hybridized carbons (Fsp3) is 0.667. The molecule has 1 aromatic rings. The molecule has 2 rings (SSSR count). The van der Waals surface area contributed by atoms with Crippen LogP contribution in [-0.2, 0) is 0 Å². The zero-order valence-corrected chi connectivity index (χ0v) is 12.1. The van der Waals surface area contributed by atoms with Crippen molar-refractivity contribution < 1.29 is 0 Å². The van der Waals surface area contributed by atoms with E-state index in [2.05, 4.69) is 40.9 Å². The Hall–Kier alpha value is -1.09. The highest BCUT2D eigenvalue weighted by atomic mass is 15.2. The maximum Gasteiger partial charge on any atom is 0.128 e. The smallest absolute Gasteiger partial charge is 0.128 e. The third kappa shape index (κ3) is 2.66. The number of anilines is 1. The third-order valence-corrected chi connectivity index (χ3v) is 3.83. The molecule has 0 unspecified atom stereocenters. The monoisotopic (exact) mass is 247 g/mol. The molecule has 1 fully saturated rings. The Kier molecular flexibility index (Phi) is 4.23. The van der Waals surface area contributed by atoms with Crippen LogP contribution in [0, 0.1) is 6.92 Å². The van der Waals surface area contributed by atoms with Crippen LogP contribution in [0.25, 0.3) is 0 Å². The summed E-state index contributed by atoms with van der Waals surface area (Å²) in [6.07, 6.45) is 5.92. The van der Waals surface area contributed by atoms with Gasteiger partial charge >= 0.3 is 0 Å². The van der Waals surface area contributed by atoms with Gasteiger partial charge in [-0.25, -0.2) is 4.98 Å². The Morgan fingerprint density at radius 1 is 1.44 bits per heavy atom. The quantitative estimate of drug-likeness (QED) is 0.815. The predicted octanol–water partition coefficient (Wildman–Crippen LogP) is 3.00. The summed E-state index contributed by atoms with van der Waals surface area (Å²) in [7, 11) is 4.08. The van der Waals surface area contributed by atoms with Gasteiger partial charge in [0.2, 0.25) is 0 Å². The Morgan fingerprint density at radius 3 is 2.83 bits per heavy atom. The highest BCUT2D eigenvalue weighted by Gasteiger charge is 2.26. The first-order valence-corrected chi connectivity index (χ1v) is 7.01.